The molecule has 2 atom stereocenters. The second-order valence-corrected chi connectivity index (χ2v) is 9.21. The maximum Gasteiger partial charge on any atom is 0.286 e. The van der Waals surface area contributed by atoms with Crippen LogP contribution >= 0.6 is 0 Å². The van der Waals surface area contributed by atoms with Gasteiger partial charge in [0.2, 0.25) is 0 Å². The van der Waals surface area contributed by atoms with Gasteiger partial charge < -0.3 is 20.1 Å². The van der Waals surface area contributed by atoms with Gasteiger partial charge in [-0.25, -0.2) is 13.2 Å². The predicted octanol–water partition coefficient (Wildman–Crippen LogP) is 3.56. The van der Waals surface area contributed by atoms with Crippen LogP contribution in [0.25, 0.3) is 0 Å². The lowest BCUT2D eigenvalue weighted by molar-refractivity contribution is -0.121. The number of carbonyl (C=O) groups excluding carboxylic acids is 2. The van der Waals surface area contributed by atoms with E-state index in [1.807, 2.05) is 0 Å². The molecule has 1 aliphatic carbocycles. The number of hydrogen-bond donors (Lipinski definition) is 3. The summed E-state index contributed by atoms with van der Waals surface area (Å²) in [6, 6.07) is 9.06. The Labute approximate surface area is 215 Å². The quantitative estimate of drug-likeness (QED) is 0.236. The van der Waals surface area contributed by atoms with E-state index in [1.54, 1.807) is 0 Å². The first-order valence-corrected chi connectivity index (χ1v) is 12.0. The summed E-state index contributed by atoms with van der Waals surface area (Å²) in [5, 5.41) is 22.5. The second-order valence-electron chi connectivity index (χ2n) is 9.21. The predicted molar refractivity (Wildman–Crippen MR) is 132 cm³/mol. The van der Waals surface area contributed by atoms with Crippen LogP contribution in [0.2, 0.25) is 0 Å². The summed E-state index contributed by atoms with van der Waals surface area (Å²) >= 11 is 0. The van der Waals surface area contributed by atoms with Crippen molar-refractivity contribution in [2.45, 2.75) is 44.4 Å². The number of aliphatic hydroxyl groups is 2. The number of amides is 1. The molecule has 7 nitrogen and oxygen atoms in total. The topological polar surface area (TPSA) is 109 Å². The average molecular weight is 527 g/mol. The zero-order chi connectivity index (χ0) is 27.4. The van der Waals surface area contributed by atoms with Gasteiger partial charge in [-0.05, 0) is 60.2 Å². The summed E-state index contributed by atoms with van der Waals surface area (Å²) in [6.45, 7) is -0.0467. The van der Waals surface area contributed by atoms with E-state index >= 15 is 0 Å². The first-order valence-electron chi connectivity index (χ1n) is 12.0. The minimum atomic E-state index is -0.972. The van der Waals surface area contributed by atoms with Crippen LogP contribution in [-0.4, -0.2) is 38.6 Å². The molecular formula is C28H25F3N2O5. The van der Waals surface area contributed by atoms with Crippen molar-refractivity contribution in [1.82, 2.24) is 9.88 Å². The summed E-state index contributed by atoms with van der Waals surface area (Å²) in [5.74, 6) is -4.91. The van der Waals surface area contributed by atoms with Crippen molar-refractivity contribution in [3.05, 3.63) is 117 Å². The lowest BCUT2D eigenvalue weighted by Gasteiger charge is -2.15. The van der Waals surface area contributed by atoms with Crippen LogP contribution in [0.4, 0.5) is 13.2 Å². The molecule has 2 aromatic carbocycles. The second kappa shape index (κ2) is 11.5. The van der Waals surface area contributed by atoms with Crippen LogP contribution in [-0.2, 0) is 17.8 Å². The van der Waals surface area contributed by atoms with E-state index in [0.29, 0.717) is 36.5 Å². The molecule has 38 heavy (non-hydrogen) atoms. The molecule has 1 aliphatic rings. The van der Waals surface area contributed by atoms with Gasteiger partial charge >= 0.3 is 0 Å². The van der Waals surface area contributed by atoms with Crippen LogP contribution < -0.4 is 10.9 Å². The molecule has 0 bridgehead atoms. The standard InChI is InChI=1S/C28H25F3N2O5/c29-19-7-4-16(5-8-19)14-33-15-17(10-18-6-9-20(30)12-22(18)31)11-21(28(33)38)25(35)13-26(36)27(37)32-23-2-1-3-24(23)34/h4-9,11-13,15,23-24,34,36H,1-3,10,14H2,(H,32,37)/t23-,24-/m1/s1. The van der Waals surface area contributed by atoms with E-state index in [4.69, 9.17) is 0 Å². The van der Waals surface area contributed by atoms with E-state index < -0.39 is 58.2 Å². The first-order chi connectivity index (χ1) is 18.1. The van der Waals surface area contributed by atoms with Crippen molar-refractivity contribution in [2.24, 2.45) is 0 Å². The molecule has 1 aromatic heterocycles. The molecule has 198 valence electrons. The summed E-state index contributed by atoms with van der Waals surface area (Å²) in [5.41, 5.74) is -0.160. The van der Waals surface area contributed by atoms with Gasteiger partial charge in [-0.3, -0.25) is 14.4 Å². The zero-order valence-corrected chi connectivity index (χ0v) is 20.2. The van der Waals surface area contributed by atoms with Crippen LogP contribution in [0.15, 0.2) is 71.4 Å². The van der Waals surface area contributed by atoms with Crippen molar-refractivity contribution in [3.63, 3.8) is 0 Å². The fourth-order valence-corrected chi connectivity index (χ4v) is 4.38. The van der Waals surface area contributed by atoms with E-state index in [0.717, 1.165) is 12.1 Å². The maximum absolute atomic E-state index is 14.3. The number of carbonyl (C=O) groups is 2. The number of ketones is 1. The fraction of sp³-hybridized carbons (Fsp3) is 0.250. The van der Waals surface area contributed by atoms with Gasteiger partial charge in [0.25, 0.3) is 11.5 Å². The lowest BCUT2D eigenvalue weighted by Crippen LogP contribution is -2.40. The SMILES string of the molecule is O=C(N[C@@H]1CCC[C@H]1O)C(O)=CC(=O)c1cc(Cc2ccc(F)cc2F)cn(Cc2ccc(F)cc2)c1=O. The van der Waals surface area contributed by atoms with Crippen molar-refractivity contribution >= 4 is 11.7 Å². The Kier molecular flexibility index (Phi) is 8.11. The highest BCUT2D eigenvalue weighted by Crippen LogP contribution is 2.19. The number of rotatable bonds is 8. The summed E-state index contributed by atoms with van der Waals surface area (Å²) in [6.07, 6.45) is 2.88. The highest BCUT2D eigenvalue weighted by molar-refractivity contribution is 6.08. The van der Waals surface area contributed by atoms with E-state index in [2.05, 4.69) is 5.32 Å². The van der Waals surface area contributed by atoms with E-state index in [9.17, 15) is 37.8 Å². The lowest BCUT2D eigenvalue weighted by atomic mass is 10.0. The molecule has 0 unspecified atom stereocenters. The van der Waals surface area contributed by atoms with Crippen LogP contribution in [0, 0.1) is 17.5 Å². The van der Waals surface area contributed by atoms with Gasteiger partial charge in [-0.1, -0.05) is 18.2 Å². The third-order valence-corrected chi connectivity index (χ3v) is 6.38. The maximum atomic E-state index is 14.3. The molecule has 0 saturated heterocycles. The van der Waals surface area contributed by atoms with Gasteiger partial charge in [0.05, 0.1) is 24.3 Å². The number of nitrogens with one attached hydrogen (secondary N) is 1. The Balaban J connectivity index is 1.67. The summed E-state index contributed by atoms with van der Waals surface area (Å²) in [7, 11) is 0. The van der Waals surface area contributed by atoms with Gasteiger partial charge in [-0.15, -0.1) is 0 Å². The first kappa shape index (κ1) is 26.9. The number of aliphatic hydroxyl groups excluding tert-OH is 2. The summed E-state index contributed by atoms with van der Waals surface area (Å²) in [4.78, 5) is 38.5. The van der Waals surface area contributed by atoms with Crippen LogP contribution in [0.5, 0.6) is 0 Å². The smallest absolute Gasteiger partial charge is 0.286 e. The molecule has 4 rings (SSSR count). The number of nitrogens with zero attached hydrogens (tertiary/aromatic N) is 1. The molecule has 0 radical (unpaired) electrons. The highest BCUT2D eigenvalue weighted by atomic mass is 19.1. The minimum absolute atomic E-state index is 0.0467. The number of halogens is 3. The molecule has 0 spiro atoms. The van der Waals surface area contributed by atoms with Gasteiger partial charge in [0, 0.05) is 24.8 Å². The molecule has 1 fully saturated rings. The molecular weight excluding hydrogens is 501 g/mol. The van der Waals surface area contributed by atoms with Gasteiger partial charge in [0.1, 0.15) is 17.5 Å². The largest absolute Gasteiger partial charge is 0.503 e. The Morgan fingerprint density at radius 3 is 2.37 bits per heavy atom. The van der Waals surface area contributed by atoms with Gasteiger partial charge in [0.15, 0.2) is 11.5 Å². The number of benzene rings is 2. The minimum Gasteiger partial charge on any atom is -0.503 e. The van der Waals surface area contributed by atoms with Crippen molar-refractivity contribution in [2.75, 3.05) is 0 Å². The molecule has 0 aliphatic heterocycles. The monoisotopic (exact) mass is 526 g/mol. The van der Waals surface area contributed by atoms with Crippen LogP contribution in [0.1, 0.15) is 46.3 Å². The Hall–Kier alpha value is -4.18. The fourth-order valence-electron chi connectivity index (χ4n) is 4.38. The molecule has 10 heteroatoms. The molecule has 1 amide bonds. The Morgan fingerprint density at radius 1 is 1.00 bits per heavy atom. The molecule has 1 heterocycles. The Morgan fingerprint density at radius 2 is 1.71 bits per heavy atom. The molecule has 3 N–H and O–H groups in total. The molecule has 1 saturated carbocycles. The number of aromatic nitrogens is 1. The average Bonchev–Trinajstić information content (AvgIpc) is 3.28. The Bertz CT molecular complexity index is 1450. The van der Waals surface area contributed by atoms with Crippen LogP contribution in [0.3, 0.4) is 0 Å². The normalized spacial score (nSPS) is 17.4. The van der Waals surface area contributed by atoms with Gasteiger partial charge in [-0.2, -0.15) is 0 Å². The molecule has 3 aromatic rings. The third-order valence-electron chi connectivity index (χ3n) is 6.38. The van der Waals surface area contributed by atoms with Crippen molar-refractivity contribution in [3.8, 4) is 0 Å². The number of allylic oxidation sites excluding steroid dienone is 1. The summed E-state index contributed by atoms with van der Waals surface area (Å²) < 4.78 is 42.2. The highest BCUT2D eigenvalue weighted by Gasteiger charge is 2.28. The van der Waals surface area contributed by atoms with Crippen molar-refractivity contribution in [1.29, 1.82) is 0 Å². The number of hydrogen-bond acceptors (Lipinski definition) is 5. The third kappa shape index (κ3) is 6.38. The van der Waals surface area contributed by atoms with Crippen molar-refractivity contribution < 1.29 is 33.0 Å². The zero-order valence-electron chi connectivity index (χ0n) is 20.2. The number of pyridine rings is 1. The van der Waals surface area contributed by atoms with E-state index in [-0.39, 0.29) is 18.5 Å². The van der Waals surface area contributed by atoms with E-state index in [1.165, 1.54) is 47.2 Å².